The lowest BCUT2D eigenvalue weighted by atomic mass is 9.96. The Kier molecular flexibility index (Phi) is 6.67. The number of nitrogens with zero attached hydrogens (tertiary/aromatic N) is 1. The van der Waals surface area contributed by atoms with Gasteiger partial charge in [0.05, 0.1) is 0 Å². The molecular formula is C16H27N3O4. The number of carbonyl (C=O) groups is 3. The van der Waals surface area contributed by atoms with E-state index >= 15 is 0 Å². The Balaban J connectivity index is 1.60. The molecule has 7 heteroatoms. The molecule has 1 saturated heterocycles. The molecule has 0 spiro atoms. The van der Waals surface area contributed by atoms with Crippen molar-refractivity contribution < 1.29 is 19.5 Å². The summed E-state index contributed by atoms with van der Waals surface area (Å²) in [7, 11) is 0. The molecule has 1 aliphatic carbocycles. The summed E-state index contributed by atoms with van der Waals surface area (Å²) in [4.78, 5) is 36.3. The Morgan fingerprint density at radius 2 is 1.78 bits per heavy atom. The standard InChI is InChI=1S/C16H27N3O4/c20-14(19-11-5-8-13(19)15(21)22)9-4-10-17-16(23)18-12-6-2-1-3-7-12/h12-13H,1-11H2,(H,21,22)(H2,17,18,23). The molecule has 7 nitrogen and oxygen atoms in total. The number of carbonyl (C=O) groups excluding carboxylic acids is 2. The maximum atomic E-state index is 12.1. The van der Waals surface area contributed by atoms with Crippen LogP contribution in [0.15, 0.2) is 0 Å². The SMILES string of the molecule is O=C(NCCCC(=O)N1CCCC1C(=O)O)NC1CCCCC1. The van der Waals surface area contributed by atoms with Crippen LogP contribution in [-0.4, -0.2) is 53.1 Å². The first kappa shape index (κ1) is 17.6. The van der Waals surface area contributed by atoms with E-state index in [4.69, 9.17) is 5.11 Å². The van der Waals surface area contributed by atoms with Gasteiger partial charge in [-0.2, -0.15) is 0 Å². The van der Waals surface area contributed by atoms with Gasteiger partial charge in [-0.3, -0.25) is 4.79 Å². The smallest absolute Gasteiger partial charge is 0.326 e. The molecule has 0 bridgehead atoms. The Morgan fingerprint density at radius 1 is 1.04 bits per heavy atom. The summed E-state index contributed by atoms with van der Waals surface area (Å²) in [5.41, 5.74) is 0. The predicted molar refractivity (Wildman–Crippen MR) is 85.0 cm³/mol. The van der Waals surface area contributed by atoms with E-state index < -0.39 is 12.0 Å². The summed E-state index contributed by atoms with van der Waals surface area (Å²) >= 11 is 0. The van der Waals surface area contributed by atoms with Crippen LogP contribution in [0.2, 0.25) is 0 Å². The first-order chi connectivity index (χ1) is 11.1. The Labute approximate surface area is 136 Å². The zero-order valence-electron chi connectivity index (χ0n) is 13.6. The van der Waals surface area contributed by atoms with E-state index in [2.05, 4.69) is 10.6 Å². The second-order valence-corrected chi connectivity index (χ2v) is 6.42. The van der Waals surface area contributed by atoms with E-state index in [1.54, 1.807) is 0 Å². The topological polar surface area (TPSA) is 98.7 Å². The molecule has 0 aromatic rings. The van der Waals surface area contributed by atoms with Crippen molar-refractivity contribution in [1.29, 1.82) is 0 Å². The molecule has 1 aliphatic heterocycles. The molecule has 0 aromatic carbocycles. The fourth-order valence-corrected chi connectivity index (χ4v) is 3.39. The molecule has 3 amide bonds. The average Bonchev–Trinajstić information content (AvgIpc) is 3.02. The van der Waals surface area contributed by atoms with Crippen LogP contribution >= 0.6 is 0 Å². The molecule has 1 heterocycles. The molecule has 1 saturated carbocycles. The Morgan fingerprint density at radius 3 is 2.48 bits per heavy atom. The number of rotatable bonds is 6. The molecule has 3 N–H and O–H groups in total. The highest BCUT2D eigenvalue weighted by Crippen LogP contribution is 2.19. The molecule has 2 rings (SSSR count). The minimum atomic E-state index is -0.930. The van der Waals surface area contributed by atoms with Gasteiger partial charge in [0.1, 0.15) is 6.04 Å². The molecule has 2 fully saturated rings. The predicted octanol–water partition coefficient (Wildman–Crippen LogP) is 1.47. The van der Waals surface area contributed by atoms with Gasteiger partial charge in [-0.15, -0.1) is 0 Å². The zero-order valence-corrected chi connectivity index (χ0v) is 13.6. The normalized spacial score (nSPS) is 21.9. The van der Waals surface area contributed by atoms with E-state index in [-0.39, 0.29) is 24.4 Å². The molecule has 1 atom stereocenters. The first-order valence-electron chi connectivity index (χ1n) is 8.64. The third-order valence-corrected chi connectivity index (χ3v) is 4.65. The number of likely N-dealkylation sites (tertiary alicyclic amines) is 1. The highest BCUT2D eigenvalue weighted by molar-refractivity contribution is 5.84. The molecule has 2 aliphatic rings. The van der Waals surface area contributed by atoms with E-state index in [0.717, 1.165) is 19.3 Å². The quantitative estimate of drug-likeness (QED) is 0.644. The molecule has 23 heavy (non-hydrogen) atoms. The highest BCUT2D eigenvalue weighted by Gasteiger charge is 2.33. The number of aliphatic carboxylic acids is 1. The van der Waals surface area contributed by atoms with Gasteiger partial charge in [-0.05, 0) is 32.1 Å². The van der Waals surface area contributed by atoms with Crippen molar-refractivity contribution in [2.45, 2.75) is 69.9 Å². The minimum absolute atomic E-state index is 0.135. The summed E-state index contributed by atoms with van der Waals surface area (Å²) in [5.74, 6) is -1.06. The Hall–Kier alpha value is -1.79. The van der Waals surface area contributed by atoms with Crippen LogP contribution in [0.25, 0.3) is 0 Å². The highest BCUT2D eigenvalue weighted by atomic mass is 16.4. The van der Waals surface area contributed by atoms with E-state index in [9.17, 15) is 14.4 Å². The third kappa shape index (κ3) is 5.41. The van der Waals surface area contributed by atoms with E-state index in [0.29, 0.717) is 25.9 Å². The maximum Gasteiger partial charge on any atom is 0.326 e. The van der Waals surface area contributed by atoms with Crippen LogP contribution in [0.1, 0.15) is 57.8 Å². The number of urea groups is 1. The van der Waals surface area contributed by atoms with Crippen LogP contribution in [0.4, 0.5) is 4.79 Å². The number of carboxylic acids is 1. The van der Waals surface area contributed by atoms with Crippen LogP contribution < -0.4 is 10.6 Å². The summed E-state index contributed by atoms with van der Waals surface area (Å²) in [6.07, 6.45) is 7.73. The average molecular weight is 325 g/mol. The molecule has 0 radical (unpaired) electrons. The van der Waals surface area contributed by atoms with E-state index in [1.165, 1.54) is 24.2 Å². The van der Waals surface area contributed by atoms with Gasteiger partial charge in [0.15, 0.2) is 0 Å². The number of amides is 3. The summed E-state index contributed by atoms with van der Waals surface area (Å²) in [5, 5.41) is 14.8. The second kappa shape index (κ2) is 8.74. The summed E-state index contributed by atoms with van der Waals surface area (Å²) < 4.78 is 0. The fraction of sp³-hybridized carbons (Fsp3) is 0.812. The lowest BCUT2D eigenvalue weighted by Gasteiger charge is -2.23. The minimum Gasteiger partial charge on any atom is -0.480 e. The number of carboxylic acid groups (broad SMARTS) is 1. The van der Waals surface area contributed by atoms with E-state index in [1.807, 2.05) is 0 Å². The third-order valence-electron chi connectivity index (χ3n) is 4.65. The van der Waals surface area contributed by atoms with Crippen LogP contribution in [0.3, 0.4) is 0 Å². The maximum absolute atomic E-state index is 12.1. The van der Waals surface area contributed by atoms with Crippen molar-refractivity contribution in [3.05, 3.63) is 0 Å². The summed E-state index contributed by atoms with van der Waals surface area (Å²) in [6, 6.07) is -0.578. The van der Waals surface area contributed by atoms with Gasteiger partial charge in [-0.1, -0.05) is 19.3 Å². The van der Waals surface area contributed by atoms with Crippen molar-refractivity contribution in [3.63, 3.8) is 0 Å². The van der Waals surface area contributed by atoms with Crippen molar-refractivity contribution in [2.24, 2.45) is 0 Å². The number of hydrogen-bond acceptors (Lipinski definition) is 3. The monoisotopic (exact) mass is 325 g/mol. The van der Waals surface area contributed by atoms with Crippen LogP contribution in [-0.2, 0) is 9.59 Å². The van der Waals surface area contributed by atoms with Crippen molar-refractivity contribution >= 4 is 17.9 Å². The van der Waals surface area contributed by atoms with Crippen LogP contribution in [0, 0.1) is 0 Å². The zero-order chi connectivity index (χ0) is 16.7. The largest absolute Gasteiger partial charge is 0.480 e. The van der Waals surface area contributed by atoms with Crippen molar-refractivity contribution in [2.75, 3.05) is 13.1 Å². The molecule has 0 aromatic heterocycles. The van der Waals surface area contributed by atoms with Gasteiger partial charge in [0.25, 0.3) is 0 Å². The Bertz CT molecular complexity index is 435. The molecule has 1 unspecified atom stereocenters. The summed E-state index contributed by atoms with van der Waals surface area (Å²) in [6.45, 7) is 0.946. The fourth-order valence-electron chi connectivity index (χ4n) is 3.39. The second-order valence-electron chi connectivity index (χ2n) is 6.42. The molecule has 130 valence electrons. The number of nitrogens with one attached hydrogen (secondary N) is 2. The van der Waals surface area contributed by atoms with Crippen molar-refractivity contribution in [3.8, 4) is 0 Å². The van der Waals surface area contributed by atoms with Crippen molar-refractivity contribution in [1.82, 2.24) is 15.5 Å². The lowest BCUT2D eigenvalue weighted by molar-refractivity contribution is -0.148. The lowest BCUT2D eigenvalue weighted by Crippen LogP contribution is -2.43. The number of hydrogen-bond donors (Lipinski definition) is 3. The van der Waals surface area contributed by atoms with Crippen LogP contribution in [0.5, 0.6) is 0 Å². The van der Waals surface area contributed by atoms with Gasteiger partial charge in [-0.25, -0.2) is 9.59 Å². The molecular weight excluding hydrogens is 298 g/mol. The van der Waals surface area contributed by atoms with Gasteiger partial charge in [0.2, 0.25) is 5.91 Å². The van der Waals surface area contributed by atoms with Gasteiger partial charge in [0, 0.05) is 25.6 Å². The van der Waals surface area contributed by atoms with Gasteiger partial charge < -0.3 is 20.6 Å². The van der Waals surface area contributed by atoms with Gasteiger partial charge >= 0.3 is 12.0 Å². The first-order valence-corrected chi connectivity index (χ1v) is 8.64.